The van der Waals surface area contributed by atoms with Crippen molar-refractivity contribution in [3.8, 4) is 0 Å². The monoisotopic (exact) mass is 394 g/mol. The smallest absolute Gasteiger partial charge is 0.312 e. The van der Waals surface area contributed by atoms with E-state index in [1.807, 2.05) is 0 Å². The minimum atomic E-state index is -0.835. The molecular weight excluding hydrogens is 371 g/mol. The first-order chi connectivity index (χ1) is 12.6. The Labute approximate surface area is 161 Å². The highest BCUT2D eigenvalue weighted by atomic mass is 32.2. The average molecular weight is 394 g/mol. The van der Waals surface area contributed by atoms with E-state index in [-0.39, 0.29) is 29.6 Å². The van der Waals surface area contributed by atoms with Crippen LogP contribution in [0, 0.1) is 21.8 Å². The van der Waals surface area contributed by atoms with Crippen LogP contribution in [0.4, 0.5) is 10.1 Å². The Morgan fingerprint density at radius 1 is 1.48 bits per heavy atom. The second-order valence-electron chi connectivity index (χ2n) is 8.01. The molecule has 0 saturated heterocycles. The number of aliphatic imine (C=N–C) groups is 1. The Bertz CT molecular complexity index is 805. The molecule has 2 aliphatic rings. The Hall–Kier alpha value is -1.96. The fraction of sp³-hybridized carbons (Fsp3) is 0.579. The maximum atomic E-state index is 14.7. The number of halogens is 1. The van der Waals surface area contributed by atoms with Crippen LogP contribution in [0.5, 0.6) is 0 Å². The van der Waals surface area contributed by atoms with Gasteiger partial charge in [-0.2, -0.15) is 0 Å². The van der Waals surface area contributed by atoms with E-state index in [1.54, 1.807) is 20.8 Å². The normalized spacial score (nSPS) is 24.9. The Morgan fingerprint density at radius 3 is 2.89 bits per heavy atom. The summed E-state index contributed by atoms with van der Waals surface area (Å²) in [7, 11) is 0. The van der Waals surface area contributed by atoms with Crippen LogP contribution >= 0.6 is 11.8 Å². The summed E-state index contributed by atoms with van der Waals surface area (Å²) in [5.41, 5.74) is -1.30. The molecule has 8 heteroatoms. The molecule has 0 bridgehead atoms. The molecule has 1 aromatic carbocycles. The van der Waals surface area contributed by atoms with E-state index in [1.165, 1.54) is 23.9 Å². The van der Waals surface area contributed by atoms with Gasteiger partial charge < -0.3 is 4.74 Å². The molecule has 0 N–H and O–H groups in total. The molecule has 2 atom stereocenters. The van der Waals surface area contributed by atoms with Gasteiger partial charge in [-0.3, -0.25) is 19.9 Å². The number of non-ortho nitro benzene ring substituents is 1. The van der Waals surface area contributed by atoms with Gasteiger partial charge in [0.25, 0.3) is 5.69 Å². The highest BCUT2D eigenvalue weighted by molar-refractivity contribution is 8.14. The Morgan fingerprint density at radius 2 is 2.22 bits per heavy atom. The highest BCUT2D eigenvalue weighted by Crippen LogP contribution is 2.52. The number of benzene rings is 1. The van der Waals surface area contributed by atoms with Gasteiger partial charge >= 0.3 is 5.97 Å². The maximum absolute atomic E-state index is 14.7. The summed E-state index contributed by atoms with van der Waals surface area (Å²) in [5.74, 6) is -0.0509. The van der Waals surface area contributed by atoms with Gasteiger partial charge in [-0.25, -0.2) is 4.39 Å². The predicted octanol–water partition coefficient (Wildman–Crippen LogP) is 4.61. The van der Waals surface area contributed by atoms with Gasteiger partial charge in [-0.1, -0.05) is 6.42 Å². The molecule has 6 nitrogen and oxygen atoms in total. The second kappa shape index (κ2) is 7.22. The largest absolute Gasteiger partial charge is 0.460 e. The van der Waals surface area contributed by atoms with Crippen molar-refractivity contribution in [2.24, 2.45) is 10.9 Å². The van der Waals surface area contributed by atoms with Gasteiger partial charge in [-0.15, -0.1) is 11.8 Å². The van der Waals surface area contributed by atoms with Gasteiger partial charge in [0, 0.05) is 23.4 Å². The maximum Gasteiger partial charge on any atom is 0.312 e. The van der Waals surface area contributed by atoms with E-state index < -0.39 is 21.9 Å². The standard InChI is InChI=1S/C19H23FN2O4S/c1-18(2,3)26-17(23)10-16-21-19(8-4-5-12(19)11-27-16)14-9-13(22(24)25)6-7-15(14)20/h6-7,9,12H,4-5,8,10-11H2,1-3H3/t12-,19-/m0/s1. The van der Waals surface area contributed by atoms with Crippen LogP contribution in [0.3, 0.4) is 0 Å². The fourth-order valence-corrected chi connectivity index (χ4v) is 5.13. The summed E-state index contributed by atoms with van der Waals surface area (Å²) >= 11 is 1.50. The average Bonchev–Trinajstić information content (AvgIpc) is 2.97. The topological polar surface area (TPSA) is 81.8 Å². The summed E-state index contributed by atoms with van der Waals surface area (Å²) in [6, 6.07) is 3.61. The van der Waals surface area contributed by atoms with Crippen molar-refractivity contribution < 1.29 is 18.8 Å². The third kappa shape index (κ3) is 4.15. The van der Waals surface area contributed by atoms with Crippen LogP contribution in [-0.2, 0) is 15.1 Å². The Kier molecular flexibility index (Phi) is 5.29. The third-order valence-electron chi connectivity index (χ3n) is 4.90. The number of esters is 1. The zero-order chi connectivity index (χ0) is 19.8. The quantitative estimate of drug-likeness (QED) is 0.423. The van der Waals surface area contributed by atoms with Crippen LogP contribution in [-0.4, -0.2) is 27.3 Å². The molecular formula is C19H23FN2O4S. The van der Waals surface area contributed by atoms with Crippen molar-refractivity contribution >= 4 is 28.5 Å². The molecule has 0 aromatic heterocycles. The van der Waals surface area contributed by atoms with E-state index in [0.29, 0.717) is 17.2 Å². The number of rotatable bonds is 4. The lowest BCUT2D eigenvalue weighted by atomic mass is 9.81. The molecule has 1 aromatic rings. The molecule has 0 radical (unpaired) electrons. The predicted molar refractivity (Wildman–Crippen MR) is 102 cm³/mol. The van der Waals surface area contributed by atoms with Crippen molar-refractivity contribution in [2.75, 3.05) is 5.75 Å². The number of nitrogens with zero attached hydrogens (tertiary/aromatic N) is 2. The Balaban J connectivity index is 1.97. The van der Waals surface area contributed by atoms with Crippen LogP contribution < -0.4 is 0 Å². The molecule has 1 aliphatic heterocycles. The van der Waals surface area contributed by atoms with Crippen molar-refractivity contribution in [1.82, 2.24) is 0 Å². The van der Waals surface area contributed by atoms with E-state index in [0.717, 1.165) is 18.9 Å². The number of hydrogen-bond acceptors (Lipinski definition) is 6. The highest BCUT2D eigenvalue weighted by Gasteiger charge is 2.48. The second-order valence-corrected chi connectivity index (χ2v) is 9.11. The lowest BCUT2D eigenvalue weighted by Gasteiger charge is -2.36. The lowest BCUT2D eigenvalue weighted by Crippen LogP contribution is -2.36. The molecule has 1 saturated carbocycles. The molecule has 1 fully saturated rings. The zero-order valence-electron chi connectivity index (χ0n) is 15.7. The number of carbonyl (C=O) groups excluding carboxylic acids is 1. The summed E-state index contributed by atoms with van der Waals surface area (Å²) in [6.07, 6.45) is 2.41. The van der Waals surface area contributed by atoms with Crippen LogP contribution in [0.25, 0.3) is 0 Å². The van der Waals surface area contributed by atoms with Crippen LogP contribution in [0.2, 0.25) is 0 Å². The molecule has 3 rings (SSSR count). The van der Waals surface area contributed by atoms with E-state index in [9.17, 15) is 19.3 Å². The minimum Gasteiger partial charge on any atom is -0.460 e. The van der Waals surface area contributed by atoms with Gasteiger partial charge in [0.15, 0.2) is 0 Å². The van der Waals surface area contributed by atoms with Crippen molar-refractivity contribution in [2.45, 2.75) is 57.6 Å². The number of thioether (sulfide) groups is 1. The first kappa shape index (κ1) is 19.8. The molecule has 0 spiro atoms. The van der Waals surface area contributed by atoms with Gasteiger partial charge in [0.1, 0.15) is 11.4 Å². The molecule has 27 heavy (non-hydrogen) atoms. The first-order valence-electron chi connectivity index (χ1n) is 8.98. The van der Waals surface area contributed by atoms with Gasteiger partial charge in [0.2, 0.25) is 0 Å². The van der Waals surface area contributed by atoms with E-state index in [2.05, 4.69) is 0 Å². The minimum absolute atomic E-state index is 0.0347. The third-order valence-corrected chi connectivity index (χ3v) is 6.04. The van der Waals surface area contributed by atoms with Crippen molar-refractivity contribution in [3.63, 3.8) is 0 Å². The number of nitro groups is 1. The number of ether oxygens (including phenoxy) is 1. The first-order valence-corrected chi connectivity index (χ1v) is 9.97. The van der Waals surface area contributed by atoms with E-state index in [4.69, 9.17) is 9.73 Å². The van der Waals surface area contributed by atoms with Crippen LogP contribution in [0.1, 0.15) is 52.0 Å². The summed E-state index contributed by atoms with van der Waals surface area (Å²) in [6.45, 7) is 5.40. The zero-order valence-corrected chi connectivity index (χ0v) is 16.5. The lowest BCUT2D eigenvalue weighted by molar-refractivity contribution is -0.385. The number of fused-ring (bicyclic) bond motifs is 1. The number of carbonyl (C=O) groups is 1. The molecule has 146 valence electrons. The van der Waals surface area contributed by atoms with Gasteiger partial charge in [-0.05, 0) is 45.6 Å². The van der Waals surface area contributed by atoms with Gasteiger partial charge in [0.05, 0.1) is 21.9 Å². The molecule has 1 heterocycles. The number of nitro benzene ring substituents is 1. The van der Waals surface area contributed by atoms with Crippen molar-refractivity contribution in [3.05, 3.63) is 39.7 Å². The van der Waals surface area contributed by atoms with Crippen molar-refractivity contribution in [1.29, 1.82) is 0 Å². The molecule has 1 aliphatic carbocycles. The SMILES string of the molecule is CC(C)(C)OC(=O)CC1=N[C@@]2(c3cc([N+](=O)[O-])ccc3F)CCC[C@H]2CS1. The summed E-state index contributed by atoms with van der Waals surface area (Å²) in [4.78, 5) is 27.6. The molecule has 0 amide bonds. The summed E-state index contributed by atoms with van der Waals surface area (Å²) < 4.78 is 20.0. The molecule has 0 unspecified atom stereocenters. The van der Waals surface area contributed by atoms with E-state index >= 15 is 0 Å². The van der Waals surface area contributed by atoms with Crippen LogP contribution in [0.15, 0.2) is 23.2 Å². The fourth-order valence-electron chi connectivity index (χ4n) is 3.85. The summed E-state index contributed by atoms with van der Waals surface area (Å²) in [5, 5.41) is 11.8. The number of hydrogen-bond donors (Lipinski definition) is 0.